The molecule has 0 spiro atoms. The number of hydrogen-bond donors (Lipinski definition) is 0. The largest absolute Gasteiger partial charge is 0.491 e. The molecule has 0 saturated heterocycles. The van der Waals surface area contributed by atoms with E-state index in [4.69, 9.17) is 9.47 Å². The average Bonchev–Trinajstić information content (AvgIpc) is 2.79. The van der Waals surface area contributed by atoms with Crippen molar-refractivity contribution in [3.63, 3.8) is 0 Å². The summed E-state index contributed by atoms with van der Waals surface area (Å²) in [6.07, 6.45) is 7.22. The summed E-state index contributed by atoms with van der Waals surface area (Å²) >= 11 is 0. The van der Waals surface area contributed by atoms with Crippen LogP contribution in [0.2, 0.25) is 0 Å². The van der Waals surface area contributed by atoms with E-state index >= 15 is 0 Å². The van der Waals surface area contributed by atoms with Crippen LogP contribution >= 0.6 is 0 Å². The number of alkyl halides is 2. The van der Waals surface area contributed by atoms with E-state index in [2.05, 4.69) is 12.7 Å². The minimum Gasteiger partial charge on any atom is -0.491 e. The van der Waals surface area contributed by atoms with E-state index in [0.29, 0.717) is 18.4 Å². The third-order valence-corrected chi connectivity index (χ3v) is 7.04. The molecule has 3 rings (SSSR count). The molecule has 0 aromatic heterocycles. The van der Waals surface area contributed by atoms with Crippen molar-refractivity contribution in [3.05, 3.63) is 36.7 Å². The molecule has 2 nitrogen and oxygen atoms in total. The first-order chi connectivity index (χ1) is 14.5. The number of rotatable bonds is 9. The zero-order chi connectivity index (χ0) is 21.5. The summed E-state index contributed by atoms with van der Waals surface area (Å²) in [7, 11) is 0. The van der Waals surface area contributed by atoms with E-state index in [1.807, 2.05) is 0 Å². The van der Waals surface area contributed by atoms with Crippen molar-refractivity contribution in [2.45, 2.75) is 70.6 Å². The first-order valence-electron chi connectivity index (χ1n) is 11.5. The van der Waals surface area contributed by atoms with Gasteiger partial charge in [-0.25, -0.2) is 13.2 Å². The van der Waals surface area contributed by atoms with Gasteiger partial charge in [0.25, 0.3) is 0 Å². The highest BCUT2D eigenvalue weighted by Crippen LogP contribution is 2.43. The van der Waals surface area contributed by atoms with Gasteiger partial charge in [-0.1, -0.05) is 6.08 Å². The Morgan fingerprint density at radius 1 is 1.00 bits per heavy atom. The van der Waals surface area contributed by atoms with Crippen molar-refractivity contribution < 1.29 is 22.6 Å². The van der Waals surface area contributed by atoms with Gasteiger partial charge >= 0.3 is 0 Å². The Morgan fingerprint density at radius 3 is 2.20 bits per heavy atom. The SMILES string of the molecule is C=CC1CCC(C2CCC(C(F)C(F)COc3ccc(OCC)c(F)c3)CC2)CC1. The van der Waals surface area contributed by atoms with Gasteiger partial charge in [-0.3, -0.25) is 0 Å². The van der Waals surface area contributed by atoms with Crippen molar-refractivity contribution in [2.24, 2.45) is 23.7 Å². The molecule has 0 N–H and O–H groups in total. The van der Waals surface area contributed by atoms with Crippen molar-refractivity contribution in [3.8, 4) is 11.5 Å². The second-order valence-electron chi connectivity index (χ2n) is 8.88. The second-order valence-corrected chi connectivity index (χ2v) is 8.88. The van der Waals surface area contributed by atoms with E-state index < -0.39 is 24.8 Å². The maximum Gasteiger partial charge on any atom is 0.168 e. The standard InChI is InChI=1S/C25H35F3O2/c1-3-17-5-7-18(8-6-17)19-9-11-20(12-10-19)25(28)23(27)16-30-21-13-14-24(29-4-2)22(26)15-21/h3,13-15,17-20,23,25H,1,4-12,16H2,2H3. The van der Waals surface area contributed by atoms with Crippen molar-refractivity contribution in [1.29, 1.82) is 0 Å². The highest BCUT2D eigenvalue weighted by atomic mass is 19.2. The predicted octanol–water partition coefficient (Wildman–Crippen LogP) is 7.08. The molecule has 5 heteroatoms. The van der Waals surface area contributed by atoms with E-state index in [0.717, 1.165) is 37.7 Å². The van der Waals surface area contributed by atoms with Crippen LogP contribution in [-0.4, -0.2) is 25.6 Å². The first kappa shape index (κ1) is 23.0. The van der Waals surface area contributed by atoms with Gasteiger partial charge in [-0.2, -0.15) is 0 Å². The fourth-order valence-electron chi connectivity index (χ4n) is 5.19. The van der Waals surface area contributed by atoms with Crippen molar-refractivity contribution >= 4 is 0 Å². The Morgan fingerprint density at radius 2 is 1.63 bits per heavy atom. The summed E-state index contributed by atoms with van der Waals surface area (Å²) in [4.78, 5) is 0. The molecule has 2 fully saturated rings. The summed E-state index contributed by atoms with van der Waals surface area (Å²) in [6.45, 7) is 5.62. The lowest BCUT2D eigenvalue weighted by molar-refractivity contribution is 0.0407. The molecule has 2 atom stereocenters. The molecule has 30 heavy (non-hydrogen) atoms. The number of allylic oxidation sites excluding steroid dienone is 1. The van der Waals surface area contributed by atoms with Gasteiger partial charge in [0.2, 0.25) is 0 Å². The van der Waals surface area contributed by atoms with Gasteiger partial charge in [-0.15, -0.1) is 6.58 Å². The molecule has 0 amide bonds. The molecule has 0 bridgehead atoms. The Hall–Kier alpha value is -1.65. The van der Waals surface area contributed by atoms with Gasteiger partial charge in [0, 0.05) is 6.07 Å². The Bertz CT molecular complexity index is 664. The molecular formula is C25H35F3O2. The van der Waals surface area contributed by atoms with Crippen LogP contribution in [0.25, 0.3) is 0 Å². The quantitative estimate of drug-likeness (QED) is 0.394. The third-order valence-electron chi connectivity index (χ3n) is 7.04. The fourth-order valence-corrected chi connectivity index (χ4v) is 5.19. The Balaban J connectivity index is 1.42. The number of halogens is 3. The summed E-state index contributed by atoms with van der Waals surface area (Å²) in [5, 5.41) is 0. The molecule has 0 heterocycles. The zero-order valence-electron chi connectivity index (χ0n) is 18.0. The summed E-state index contributed by atoms with van der Waals surface area (Å²) in [5.41, 5.74) is 0. The molecule has 1 aromatic rings. The van der Waals surface area contributed by atoms with Gasteiger partial charge in [-0.05, 0) is 94.1 Å². The zero-order valence-corrected chi connectivity index (χ0v) is 18.0. The van der Waals surface area contributed by atoms with E-state index in [9.17, 15) is 13.2 Å². The Kier molecular flexibility index (Phi) is 8.52. The van der Waals surface area contributed by atoms with Crippen LogP contribution in [0.1, 0.15) is 58.3 Å². The number of hydrogen-bond acceptors (Lipinski definition) is 2. The van der Waals surface area contributed by atoms with Crippen LogP contribution in [0.4, 0.5) is 13.2 Å². The number of ether oxygens (including phenoxy) is 2. The first-order valence-corrected chi connectivity index (χ1v) is 11.5. The predicted molar refractivity (Wildman–Crippen MR) is 114 cm³/mol. The minimum atomic E-state index is -1.70. The lowest BCUT2D eigenvalue weighted by Gasteiger charge is -2.38. The van der Waals surface area contributed by atoms with Crippen LogP contribution < -0.4 is 9.47 Å². The van der Waals surface area contributed by atoms with Gasteiger partial charge < -0.3 is 9.47 Å². The maximum absolute atomic E-state index is 14.7. The van der Waals surface area contributed by atoms with Crippen LogP contribution in [0, 0.1) is 29.5 Å². The van der Waals surface area contributed by atoms with E-state index in [-0.39, 0.29) is 17.4 Å². The normalized spacial score (nSPS) is 29.1. The Labute approximate surface area is 178 Å². The summed E-state index contributed by atoms with van der Waals surface area (Å²) < 4.78 is 53.5. The molecule has 2 unspecified atom stereocenters. The highest BCUT2D eigenvalue weighted by Gasteiger charge is 2.36. The summed E-state index contributed by atoms with van der Waals surface area (Å²) in [5.74, 6) is 1.54. The highest BCUT2D eigenvalue weighted by molar-refractivity contribution is 5.33. The molecule has 1 aromatic carbocycles. The molecular weight excluding hydrogens is 389 g/mol. The van der Waals surface area contributed by atoms with Crippen LogP contribution in [0.3, 0.4) is 0 Å². The van der Waals surface area contributed by atoms with Gasteiger partial charge in [0.1, 0.15) is 18.5 Å². The summed E-state index contributed by atoms with van der Waals surface area (Å²) in [6, 6.07) is 4.11. The van der Waals surface area contributed by atoms with E-state index in [1.165, 1.54) is 37.8 Å². The monoisotopic (exact) mass is 424 g/mol. The third kappa shape index (κ3) is 5.95. The van der Waals surface area contributed by atoms with Crippen molar-refractivity contribution in [1.82, 2.24) is 0 Å². The van der Waals surface area contributed by atoms with Gasteiger partial charge in [0.05, 0.1) is 6.61 Å². The molecule has 2 aliphatic rings. The smallest absolute Gasteiger partial charge is 0.168 e. The van der Waals surface area contributed by atoms with Crippen LogP contribution in [-0.2, 0) is 0 Å². The molecule has 168 valence electrons. The molecule has 2 saturated carbocycles. The molecule has 0 aliphatic heterocycles. The average molecular weight is 425 g/mol. The van der Waals surface area contributed by atoms with Crippen LogP contribution in [0.15, 0.2) is 30.9 Å². The maximum atomic E-state index is 14.7. The second kappa shape index (κ2) is 11.1. The number of benzene rings is 1. The fraction of sp³-hybridized carbons (Fsp3) is 0.680. The molecule has 0 radical (unpaired) electrons. The van der Waals surface area contributed by atoms with E-state index in [1.54, 1.807) is 6.92 Å². The van der Waals surface area contributed by atoms with Crippen LogP contribution in [0.5, 0.6) is 11.5 Å². The minimum absolute atomic E-state index is 0.125. The lowest BCUT2D eigenvalue weighted by Crippen LogP contribution is -2.35. The van der Waals surface area contributed by atoms with Crippen molar-refractivity contribution in [2.75, 3.05) is 13.2 Å². The molecule has 2 aliphatic carbocycles. The topological polar surface area (TPSA) is 18.5 Å². The van der Waals surface area contributed by atoms with Gasteiger partial charge in [0.15, 0.2) is 17.7 Å². The lowest BCUT2D eigenvalue weighted by atomic mass is 9.68.